The lowest BCUT2D eigenvalue weighted by Gasteiger charge is -2.20. The van der Waals surface area contributed by atoms with Crippen LogP contribution in [0.5, 0.6) is 0 Å². The van der Waals surface area contributed by atoms with E-state index < -0.39 is 15.6 Å². The molecule has 0 saturated heterocycles. The fourth-order valence-corrected chi connectivity index (χ4v) is 4.22. The molecule has 1 fully saturated rings. The van der Waals surface area contributed by atoms with E-state index >= 15 is 0 Å². The third kappa shape index (κ3) is 5.32. The quantitative estimate of drug-likeness (QED) is 0.383. The highest BCUT2D eigenvalue weighted by Crippen LogP contribution is 2.19. The molecule has 1 aliphatic carbocycles. The van der Waals surface area contributed by atoms with Crippen LogP contribution in [0.3, 0.4) is 0 Å². The van der Waals surface area contributed by atoms with Crippen molar-refractivity contribution < 1.29 is 18.4 Å². The fourth-order valence-electron chi connectivity index (χ4n) is 2.80. The smallest absolute Gasteiger partial charge is 0.241 e. The zero-order valence-electron chi connectivity index (χ0n) is 14.1. The van der Waals surface area contributed by atoms with Crippen LogP contribution in [0.2, 0.25) is 0 Å². The SMILES string of the molecule is CC(C)(C)NS(=O)(=O)c1ccc(/C=[N+](\O)C2CCCCC2)cc1. The molecule has 2 rings (SSSR count). The maximum Gasteiger partial charge on any atom is 0.241 e. The summed E-state index contributed by atoms with van der Waals surface area (Å²) in [7, 11) is -3.52. The van der Waals surface area contributed by atoms with Crippen molar-refractivity contribution in [3.05, 3.63) is 29.8 Å². The van der Waals surface area contributed by atoms with E-state index in [2.05, 4.69) is 4.72 Å². The Morgan fingerprint density at radius 2 is 1.70 bits per heavy atom. The number of hydroxylamine groups is 1. The average molecular weight is 339 g/mol. The monoisotopic (exact) mass is 339 g/mol. The second kappa shape index (κ2) is 7.01. The molecule has 23 heavy (non-hydrogen) atoms. The highest BCUT2D eigenvalue weighted by molar-refractivity contribution is 7.89. The molecule has 0 spiro atoms. The van der Waals surface area contributed by atoms with Crippen LogP contribution >= 0.6 is 0 Å². The molecule has 1 aliphatic rings. The third-order valence-corrected chi connectivity index (χ3v) is 5.63. The van der Waals surface area contributed by atoms with Gasteiger partial charge in [0.15, 0.2) is 0 Å². The molecule has 128 valence electrons. The van der Waals surface area contributed by atoms with Gasteiger partial charge in [0.05, 0.1) is 4.90 Å². The Labute approximate surface area is 139 Å². The normalized spacial score (nSPS) is 18.1. The lowest BCUT2D eigenvalue weighted by molar-refractivity contribution is -0.797. The van der Waals surface area contributed by atoms with E-state index in [1.807, 2.05) is 0 Å². The van der Waals surface area contributed by atoms with Crippen LogP contribution in [-0.4, -0.2) is 36.2 Å². The van der Waals surface area contributed by atoms with Crippen molar-refractivity contribution in [2.75, 3.05) is 0 Å². The predicted octanol–water partition coefficient (Wildman–Crippen LogP) is 2.92. The van der Waals surface area contributed by atoms with Crippen LogP contribution in [0.4, 0.5) is 0 Å². The highest BCUT2D eigenvalue weighted by Gasteiger charge is 2.24. The van der Waals surface area contributed by atoms with E-state index in [0.29, 0.717) is 0 Å². The van der Waals surface area contributed by atoms with Gasteiger partial charge >= 0.3 is 0 Å². The van der Waals surface area contributed by atoms with E-state index in [-0.39, 0.29) is 10.9 Å². The Bertz CT molecular complexity index is 652. The van der Waals surface area contributed by atoms with Gasteiger partial charge in [-0.15, -0.1) is 0 Å². The van der Waals surface area contributed by atoms with E-state index in [1.165, 1.54) is 11.2 Å². The zero-order chi connectivity index (χ0) is 17.1. The average Bonchev–Trinajstić information content (AvgIpc) is 2.46. The van der Waals surface area contributed by atoms with Gasteiger partial charge in [0, 0.05) is 23.9 Å². The largest absolute Gasteiger partial charge is 0.291 e. The van der Waals surface area contributed by atoms with E-state index in [4.69, 9.17) is 0 Å². The van der Waals surface area contributed by atoms with Gasteiger partial charge in [-0.3, -0.25) is 5.21 Å². The van der Waals surface area contributed by atoms with Crippen LogP contribution in [0.15, 0.2) is 29.2 Å². The molecule has 0 unspecified atom stereocenters. The van der Waals surface area contributed by atoms with Crippen LogP contribution in [-0.2, 0) is 10.0 Å². The summed E-state index contributed by atoms with van der Waals surface area (Å²) in [5.41, 5.74) is 0.264. The number of hydrogen-bond donors (Lipinski definition) is 2. The predicted molar refractivity (Wildman–Crippen MR) is 90.6 cm³/mol. The molecule has 1 aromatic rings. The number of rotatable bonds is 4. The van der Waals surface area contributed by atoms with Crippen molar-refractivity contribution in [2.24, 2.45) is 0 Å². The molecule has 1 aromatic carbocycles. The summed E-state index contributed by atoms with van der Waals surface area (Å²) in [5.74, 6) is 0. The first-order valence-corrected chi connectivity index (χ1v) is 9.62. The standard InChI is InChI=1S/C17H27N2O3S/c1-17(2,3)18-23(21,22)16-11-9-14(10-12-16)13-19(20)15-7-5-4-6-8-15/h9-13,15,18,20H,4-8H2,1-3H3/q+1/b19-13-. The molecule has 0 aliphatic heterocycles. The van der Waals surface area contributed by atoms with Crippen molar-refractivity contribution in [2.45, 2.75) is 69.4 Å². The Morgan fingerprint density at radius 3 is 2.22 bits per heavy atom. The number of sulfonamides is 1. The maximum absolute atomic E-state index is 12.2. The minimum absolute atomic E-state index is 0.162. The van der Waals surface area contributed by atoms with Gasteiger partial charge in [0.25, 0.3) is 0 Å². The molecule has 5 nitrogen and oxygen atoms in total. The topological polar surface area (TPSA) is 69.4 Å². The third-order valence-electron chi connectivity index (χ3n) is 3.86. The van der Waals surface area contributed by atoms with Gasteiger partial charge in [-0.2, -0.15) is 0 Å². The number of benzene rings is 1. The Hall–Kier alpha value is -1.40. The maximum atomic E-state index is 12.2. The Morgan fingerprint density at radius 1 is 1.13 bits per heavy atom. The molecule has 0 heterocycles. The van der Waals surface area contributed by atoms with Gasteiger partial charge in [-0.05, 0) is 62.6 Å². The molecule has 6 heteroatoms. The molecule has 0 atom stereocenters. The molecule has 1 saturated carbocycles. The second-order valence-corrected chi connectivity index (χ2v) is 8.91. The van der Waals surface area contributed by atoms with Crippen molar-refractivity contribution in [1.29, 1.82) is 0 Å². The van der Waals surface area contributed by atoms with Crippen molar-refractivity contribution >= 4 is 16.2 Å². The minimum Gasteiger partial charge on any atom is -0.291 e. The van der Waals surface area contributed by atoms with Crippen LogP contribution in [0.25, 0.3) is 0 Å². The molecule has 0 bridgehead atoms. The van der Waals surface area contributed by atoms with E-state index in [0.717, 1.165) is 31.2 Å². The highest BCUT2D eigenvalue weighted by atomic mass is 32.2. The van der Waals surface area contributed by atoms with E-state index in [9.17, 15) is 13.6 Å². The summed E-state index contributed by atoms with van der Waals surface area (Å²) in [4.78, 5) is 0.228. The van der Waals surface area contributed by atoms with Gasteiger partial charge < -0.3 is 0 Å². The molecule has 0 radical (unpaired) electrons. The van der Waals surface area contributed by atoms with Gasteiger partial charge in [0.1, 0.15) is 0 Å². The Balaban J connectivity index is 2.13. The summed E-state index contributed by atoms with van der Waals surface area (Å²) < 4.78 is 28.4. The number of nitrogens with zero attached hydrogens (tertiary/aromatic N) is 1. The van der Waals surface area contributed by atoms with Gasteiger partial charge in [-0.1, -0.05) is 6.42 Å². The van der Waals surface area contributed by atoms with Crippen molar-refractivity contribution in [3.8, 4) is 0 Å². The number of hydrogen-bond acceptors (Lipinski definition) is 3. The minimum atomic E-state index is -3.52. The molecule has 2 N–H and O–H groups in total. The fraction of sp³-hybridized carbons (Fsp3) is 0.588. The first-order valence-electron chi connectivity index (χ1n) is 8.13. The second-order valence-electron chi connectivity index (χ2n) is 7.23. The molecular weight excluding hydrogens is 312 g/mol. The van der Waals surface area contributed by atoms with Crippen LogP contribution in [0.1, 0.15) is 58.4 Å². The first-order chi connectivity index (χ1) is 10.7. The molecule has 0 amide bonds. The zero-order valence-corrected chi connectivity index (χ0v) is 14.9. The van der Waals surface area contributed by atoms with Crippen LogP contribution in [0, 0.1) is 0 Å². The van der Waals surface area contributed by atoms with Gasteiger partial charge in [-0.25, -0.2) is 13.1 Å². The summed E-state index contributed by atoms with van der Waals surface area (Å²) in [6.07, 6.45) is 7.18. The summed E-state index contributed by atoms with van der Waals surface area (Å²) in [6.45, 7) is 5.42. The summed E-state index contributed by atoms with van der Waals surface area (Å²) in [5, 5.41) is 10.2. The summed E-state index contributed by atoms with van der Waals surface area (Å²) >= 11 is 0. The lowest BCUT2D eigenvalue weighted by atomic mass is 9.96. The number of nitrogens with one attached hydrogen (secondary N) is 1. The van der Waals surface area contributed by atoms with Crippen molar-refractivity contribution in [1.82, 2.24) is 4.72 Å². The van der Waals surface area contributed by atoms with E-state index in [1.54, 1.807) is 51.3 Å². The molecular formula is C17H27N2O3S+. The molecule has 0 aromatic heterocycles. The lowest BCUT2D eigenvalue weighted by Crippen LogP contribution is -2.40. The first kappa shape index (κ1) is 17.9. The van der Waals surface area contributed by atoms with Crippen LogP contribution < -0.4 is 4.72 Å². The Kier molecular flexibility index (Phi) is 5.47. The van der Waals surface area contributed by atoms with Gasteiger partial charge in [0.2, 0.25) is 22.3 Å². The van der Waals surface area contributed by atoms with Crippen molar-refractivity contribution in [3.63, 3.8) is 0 Å². The summed E-state index contributed by atoms with van der Waals surface area (Å²) in [6, 6.07) is 6.71.